The Balaban J connectivity index is 1.51. The van der Waals surface area contributed by atoms with E-state index >= 15 is 0 Å². The van der Waals surface area contributed by atoms with E-state index in [1.807, 2.05) is 10.9 Å². The zero-order valence-electron chi connectivity index (χ0n) is 13.3. The Hall–Kier alpha value is -2.54. The van der Waals surface area contributed by atoms with Gasteiger partial charge in [0.2, 0.25) is 0 Å². The van der Waals surface area contributed by atoms with Crippen LogP contribution in [0.4, 0.5) is 0 Å². The molecule has 120 valence electrons. The summed E-state index contributed by atoms with van der Waals surface area (Å²) in [7, 11) is 0. The van der Waals surface area contributed by atoms with Gasteiger partial charge >= 0.3 is 0 Å². The monoisotopic (exact) mass is 336 g/mol. The smallest absolute Gasteiger partial charge is 0.154 e. The molecular formula is C17H16N6S. The molecule has 3 aromatic heterocycles. The normalized spacial score (nSPS) is 13.7. The first-order valence-electron chi connectivity index (χ1n) is 8.09. The van der Waals surface area contributed by atoms with Crippen LogP contribution in [0.15, 0.2) is 30.5 Å². The summed E-state index contributed by atoms with van der Waals surface area (Å²) < 4.78 is 5.35. The lowest BCUT2D eigenvalue weighted by molar-refractivity contribution is 0.586. The summed E-state index contributed by atoms with van der Waals surface area (Å²) in [6.45, 7) is 3.76. The highest BCUT2D eigenvalue weighted by Crippen LogP contribution is 2.37. The Morgan fingerprint density at radius 3 is 3.04 bits per heavy atom. The minimum absolute atomic E-state index is 0.612. The number of thiophene rings is 1. The molecule has 4 aromatic rings. The molecule has 1 aromatic carbocycles. The van der Waals surface area contributed by atoms with Crippen LogP contribution in [-0.2, 0) is 19.5 Å². The molecule has 0 amide bonds. The molecule has 4 heterocycles. The van der Waals surface area contributed by atoms with Gasteiger partial charge in [0.15, 0.2) is 5.82 Å². The van der Waals surface area contributed by atoms with Gasteiger partial charge < -0.3 is 4.57 Å². The molecule has 6 nitrogen and oxygen atoms in total. The third-order valence-corrected chi connectivity index (χ3v) is 5.64. The Kier molecular flexibility index (Phi) is 3.02. The van der Waals surface area contributed by atoms with Crippen molar-refractivity contribution < 1.29 is 0 Å². The van der Waals surface area contributed by atoms with Crippen LogP contribution in [0.1, 0.15) is 22.9 Å². The van der Waals surface area contributed by atoms with Crippen LogP contribution in [0, 0.1) is 6.92 Å². The van der Waals surface area contributed by atoms with Gasteiger partial charge in [0, 0.05) is 33.5 Å². The Morgan fingerprint density at radius 1 is 1.17 bits per heavy atom. The van der Waals surface area contributed by atoms with E-state index in [4.69, 9.17) is 0 Å². The van der Waals surface area contributed by atoms with Crippen molar-refractivity contribution >= 4 is 21.4 Å². The van der Waals surface area contributed by atoms with Crippen LogP contribution < -0.4 is 0 Å². The third-order valence-electron chi connectivity index (χ3n) is 4.56. The maximum absolute atomic E-state index is 4.41. The zero-order valence-corrected chi connectivity index (χ0v) is 14.1. The summed E-state index contributed by atoms with van der Waals surface area (Å²) in [6.07, 6.45) is 4.19. The maximum Gasteiger partial charge on any atom is 0.154 e. The van der Waals surface area contributed by atoms with Crippen LogP contribution in [0.5, 0.6) is 0 Å². The van der Waals surface area contributed by atoms with Gasteiger partial charge in [-0.25, -0.2) is 4.68 Å². The summed E-state index contributed by atoms with van der Waals surface area (Å²) in [5, 5.41) is 18.5. The number of nitrogens with zero attached hydrogens (tertiary/aromatic N) is 6. The molecule has 0 unspecified atom stereocenters. The molecule has 0 saturated carbocycles. The molecule has 0 spiro atoms. The summed E-state index contributed by atoms with van der Waals surface area (Å²) >= 11 is 1.80. The minimum atomic E-state index is 0.612. The molecular weight excluding hydrogens is 320 g/mol. The summed E-state index contributed by atoms with van der Waals surface area (Å²) in [6, 6.07) is 8.45. The van der Waals surface area contributed by atoms with Gasteiger partial charge in [0.25, 0.3) is 0 Å². The fraction of sp³-hybridized carbons (Fsp3) is 0.294. The average molecular weight is 336 g/mol. The average Bonchev–Trinajstić information content (AvgIpc) is 3.32. The molecule has 0 aliphatic carbocycles. The second-order valence-corrected chi connectivity index (χ2v) is 7.37. The van der Waals surface area contributed by atoms with Crippen molar-refractivity contribution in [3.63, 3.8) is 0 Å². The number of rotatable bonds is 3. The SMILES string of the molecule is Cc1sc2ccccc2c1-c1cn(Cc2nnc3n2CCC3)nn1. The van der Waals surface area contributed by atoms with E-state index < -0.39 is 0 Å². The number of fused-ring (bicyclic) bond motifs is 2. The first-order valence-corrected chi connectivity index (χ1v) is 8.91. The predicted molar refractivity (Wildman–Crippen MR) is 93.0 cm³/mol. The highest BCUT2D eigenvalue weighted by molar-refractivity contribution is 7.19. The molecule has 0 atom stereocenters. The van der Waals surface area contributed by atoms with Gasteiger partial charge in [-0.1, -0.05) is 23.4 Å². The number of aryl methyl sites for hydroxylation is 2. The van der Waals surface area contributed by atoms with Gasteiger partial charge in [-0.3, -0.25) is 0 Å². The lowest BCUT2D eigenvalue weighted by Gasteiger charge is -2.01. The third kappa shape index (κ3) is 2.08. The Morgan fingerprint density at radius 2 is 2.08 bits per heavy atom. The van der Waals surface area contributed by atoms with Crippen molar-refractivity contribution in [3.8, 4) is 11.3 Å². The second-order valence-electron chi connectivity index (χ2n) is 6.12. The Labute approximate surface area is 142 Å². The fourth-order valence-electron chi connectivity index (χ4n) is 3.45. The largest absolute Gasteiger partial charge is 0.313 e. The molecule has 0 radical (unpaired) electrons. The van der Waals surface area contributed by atoms with Gasteiger partial charge in [-0.05, 0) is 19.4 Å². The molecule has 1 aliphatic heterocycles. The molecule has 24 heavy (non-hydrogen) atoms. The summed E-state index contributed by atoms with van der Waals surface area (Å²) in [5.41, 5.74) is 2.11. The van der Waals surface area contributed by atoms with E-state index in [-0.39, 0.29) is 0 Å². The number of hydrogen-bond donors (Lipinski definition) is 0. The van der Waals surface area contributed by atoms with Crippen molar-refractivity contribution in [1.82, 2.24) is 29.8 Å². The van der Waals surface area contributed by atoms with Crippen molar-refractivity contribution in [2.45, 2.75) is 32.9 Å². The van der Waals surface area contributed by atoms with Crippen molar-refractivity contribution in [2.75, 3.05) is 0 Å². The Bertz CT molecular complexity index is 1040. The summed E-state index contributed by atoms with van der Waals surface area (Å²) in [4.78, 5) is 1.27. The topological polar surface area (TPSA) is 61.4 Å². The van der Waals surface area contributed by atoms with E-state index in [1.165, 1.54) is 20.5 Å². The van der Waals surface area contributed by atoms with Crippen LogP contribution >= 0.6 is 11.3 Å². The van der Waals surface area contributed by atoms with Crippen molar-refractivity contribution in [1.29, 1.82) is 0 Å². The van der Waals surface area contributed by atoms with E-state index in [0.717, 1.165) is 36.7 Å². The van der Waals surface area contributed by atoms with Gasteiger partial charge in [-0.15, -0.1) is 26.6 Å². The molecule has 0 saturated heterocycles. The first-order chi connectivity index (χ1) is 11.8. The highest BCUT2D eigenvalue weighted by Gasteiger charge is 2.19. The standard InChI is InChI=1S/C17H16N6S/c1-11-17(12-5-2-3-6-14(12)24-11)13-9-22(21-18-13)10-16-20-19-15-7-4-8-23(15)16/h2-3,5-6,9H,4,7-8,10H2,1H3. The number of hydrogen-bond acceptors (Lipinski definition) is 5. The molecule has 0 bridgehead atoms. The number of aromatic nitrogens is 6. The van der Waals surface area contributed by atoms with Crippen LogP contribution in [0.2, 0.25) is 0 Å². The van der Waals surface area contributed by atoms with E-state index in [1.54, 1.807) is 11.3 Å². The lowest BCUT2D eigenvalue weighted by Crippen LogP contribution is -2.08. The van der Waals surface area contributed by atoms with Crippen LogP contribution in [-0.4, -0.2) is 29.8 Å². The molecule has 7 heteroatoms. The lowest BCUT2D eigenvalue weighted by atomic mass is 10.1. The molecule has 5 rings (SSSR count). The molecule has 0 N–H and O–H groups in total. The quantitative estimate of drug-likeness (QED) is 0.577. The van der Waals surface area contributed by atoms with Crippen LogP contribution in [0.3, 0.4) is 0 Å². The van der Waals surface area contributed by atoms with E-state index in [9.17, 15) is 0 Å². The van der Waals surface area contributed by atoms with Crippen molar-refractivity contribution in [2.24, 2.45) is 0 Å². The molecule has 1 aliphatic rings. The van der Waals surface area contributed by atoms with Crippen LogP contribution in [0.25, 0.3) is 21.3 Å². The van der Waals surface area contributed by atoms with E-state index in [0.29, 0.717) is 6.54 Å². The maximum atomic E-state index is 4.41. The summed E-state index contributed by atoms with van der Waals surface area (Å²) in [5.74, 6) is 2.05. The van der Waals surface area contributed by atoms with Gasteiger partial charge in [0.1, 0.15) is 18.1 Å². The number of benzene rings is 1. The zero-order chi connectivity index (χ0) is 16.1. The van der Waals surface area contributed by atoms with Gasteiger partial charge in [0.05, 0.1) is 6.20 Å². The second kappa shape index (κ2) is 5.24. The van der Waals surface area contributed by atoms with Crippen molar-refractivity contribution in [3.05, 3.63) is 47.0 Å². The first kappa shape index (κ1) is 13.9. The highest BCUT2D eigenvalue weighted by atomic mass is 32.1. The predicted octanol–water partition coefficient (Wildman–Crippen LogP) is 3.05. The fourth-order valence-corrected chi connectivity index (χ4v) is 4.52. The van der Waals surface area contributed by atoms with Gasteiger partial charge in [-0.2, -0.15) is 0 Å². The van der Waals surface area contributed by atoms with E-state index in [2.05, 4.69) is 56.3 Å². The molecule has 0 fully saturated rings. The minimum Gasteiger partial charge on any atom is -0.313 e.